The maximum absolute atomic E-state index is 12.4. The maximum Gasteiger partial charge on any atom is 0.259 e. The molecule has 0 aliphatic carbocycles. The van der Waals surface area contributed by atoms with E-state index in [-0.39, 0.29) is 19.1 Å². The Bertz CT molecular complexity index is 712. The average Bonchev–Trinajstić information content (AvgIpc) is 3.12. The van der Waals surface area contributed by atoms with Crippen molar-refractivity contribution < 1.29 is 19.2 Å². The lowest BCUT2D eigenvalue weighted by Gasteiger charge is -2.23. The fourth-order valence-electron chi connectivity index (χ4n) is 2.74. The van der Waals surface area contributed by atoms with Gasteiger partial charge in [-0.15, -0.1) is 0 Å². The lowest BCUT2D eigenvalue weighted by Crippen LogP contribution is -2.40. The van der Waals surface area contributed by atoms with Crippen molar-refractivity contribution in [3.63, 3.8) is 0 Å². The van der Waals surface area contributed by atoms with E-state index in [0.717, 1.165) is 11.3 Å². The molecule has 0 unspecified atom stereocenters. The quantitative estimate of drug-likeness (QED) is 0.933. The predicted octanol–water partition coefficient (Wildman–Crippen LogP) is 1.95. The SMILES string of the molecule is Cc1cccc(OC[C@]2(O)CCN(C(=O)c3conc3C)C2)c1. The molecule has 1 aromatic carbocycles. The van der Waals surface area contributed by atoms with Crippen molar-refractivity contribution >= 4 is 5.91 Å². The molecule has 0 spiro atoms. The normalized spacial score (nSPS) is 20.7. The molecule has 122 valence electrons. The number of benzene rings is 1. The minimum atomic E-state index is -1.04. The fraction of sp³-hybridized carbons (Fsp3) is 0.412. The number of likely N-dealkylation sites (tertiary alicyclic amines) is 1. The van der Waals surface area contributed by atoms with Crippen LogP contribution < -0.4 is 4.74 Å². The van der Waals surface area contributed by atoms with E-state index in [1.165, 1.54) is 6.26 Å². The number of carbonyl (C=O) groups excluding carboxylic acids is 1. The zero-order valence-electron chi connectivity index (χ0n) is 13.3. The molecular formula is C17H20N2O4. The number of amides is 1. The van der Waals surface area contributed by atoms with E-state index in [0.29, 0.717) is 24.2 Å². The molecule has 2 aromatic rings. The summed E-state index contributed by atoms with van der Waals surface area (Å²) in [6.07, 6.45) is 1.83. The van der Waals surface area contributed by atoms with Gasteiger partial charge >= 0.3 is 0 Å². The average molecular weight is 316 g/mol. The summed E-state index contributed by atoms with van der Waals surface area (Å²) in [4.78, 5) is 14.0. The van der Waals surface area contributed by atoms with Gasteiger partial charge in [0, 0.05) is 6.54 Å². The Morgan fingerprint density at radius 2 is 2.30 bits per heavy atom. The molecular weight excluding hydrogens is 296 g/mol. The van der Waals surface area contributed by atoms with Crippen molar-refractivity contribution in [3.05, 3.63) is 47.3 Å². The van der Waals surface area contributed by atoms with Crippen LogP contribution in [0.3, 0.4) is 0 Å². The van der Waals surface area contributed by atoms with E-state index in [2.05, 4.69) is 5.16 Å². The summed E-state index contributed by atoms with van der Waals surface area (Å²) >= 11 is 0. The van der Waals surface area contributed by atoms with Crippen LogP contribution in [-0.2, 0) is 0 Å². The second kappa shape index (κ2) is 6.04. The highest BCUT2D eigenvalue weighted by Crippen LogP contribution is 2.25. The number of hydrogen-bond donors (Lipinski definition) is 1. The molecule has 1 aliphatic rings. The van der Waals surface area contributed by atoms with Crippen LogP contribution in [0, 0.1) is 13.8 Å². The second-order valence-corrected chi connectivity index (χ2v) is 6.12. The minimum absolute atomic E-state index is 0.156. The van der Waals surface area contributed by atoms with E-state index < -0.39 is 5.60 Å². The first-order valence-electron chi connectivity index (χ1n) is 7.59. The number of nitrogens with zero attached hydrogens (tertiary/aromatic N) is 2. The summed E-state index contributed by atoms with van der Waals surface area (Å²) in [6, 6.07) is 7.67. The molecule has 1 aliphatic heterocycles. The summed E-state index contributed by atoms with van der Waals surface area (Å²) in [7, 11) is 0. The van der Waals surface area contributed by atoms with Gasteiger partial charge in [0.25, 0.3) is 5.91 Å². The molecule has 0 radical (unpaired) electrons. The van der Waals surface area contributed by atoms with Crippen LogP contribution in [0.4, 0.5) is 0 Å². The predicted molar refractivity (Wildman–Crippen MR) is 83.4 cm³/mol. The first-order valence-corrected chi connectivity index (χ1v) is 7.59. The summed E-state index contributed by atoms with van der Waals surface area (Å²) in [5.41, 5.74) is 1.06. The third-order valence-electron chi connectivity index (χ3n) is 4.10. The molecule has 1 atom stereocenters. The smallest absolute Gasteiger partial charge is 0.259 e. The molecule has 1 fully saturated rings. The number of carbonyl (C=O) groups is 1. The molecule has 1 aromatic heterocycles. The molecule has 6 nitrogen and oxygen atoms in total. The molecule has 2 heterocycles. The van der Waals surface area contributed by atoms with Crippen LogP contribution in [0.1, 0.15) is 28.0 Å². The van der Waals surface area contributed by atoms with Crippen molar-refractivity contribution in [2.24, 2.45) is 0 Å². The van der Waals surface area contributed by atoms with Crippen LogP contribution in [-0.4, -0.2) is 46.4 Å². The molecule has 1 saturated heterocycles. The van der Waals surface area contributed by atoms with Gasteiger partial charge in [0.15, 0.2) is 0 Å². The van der Waals surface area contributed by atoms with E-state index in [1.54, 1.807) is 11.8 Å². The summed E-state index contributed by atoms with van der Waals surface area (Å²) in [5, 5.41) is 14.4. The van der Waals surface area contributed by atoms with E-state index in [4.69, 9.17) is 9.26 Å². The minimum Gasteiger partial charge on any atom is -0.491 e. The lowest BCUT2D eigenvalue weighted by molar-refractivity contribution is 0.00428. The van der Waals surface area contributed by atoms with Crippen molar-refractivity contribution in [2.45, 2.75) is 25.9 Å². The summed E-state index contributed by atoms with van der Waals surface area (Å²) in [6.45, 7) is 4.58. The number of ether oxygens (including phenoxy) is 1. The van der Waals surface area contributed by atoms with Crippen LogP contribution in [0.25, 0.3) is 0 Å². The van der Waals surface area contributed by atoms with Crippen molar-refractivity contribution in [2.75, 3.05) is 19.7 Å². The van der Waals surface area contributed by atoms with Gasteiger partial charge < -0.3 is 19.3 Å². The Hall–Kier alpha value is -2.34. The van der Waals surface area contributed by atoms with Gasteiger partial charge in [0.1, 0.15) is 29.8 Å². The van der Waals surface area contributed by atoms with Gasteiger partial charge in [-0.25, -0.2) is 0 Å². The van der Waals surface area contributed by atoms with E-state index >= 15 is 0 Å². The van der Waals surface area contributed by atoms with Crippen LogP contribution in [0.5, 0.6) is 5.75 Å². The Labute approximate surface area is 134 Å². The second-order valence-electron chi connectivity index (χ2n) is 6.12. The first kappa shape index (κ1) is 15.6. The molecule has 3 rings (SSSR count). The molecule has 23 heavy (non-hydrogen) atoms. The van der Waals surface area contributed by atoms with Crippen molar-refractivity contribution in [1.82, 2.24) is 10.1 Å². The zero-order valence-corrected chi connectivity index (χ0v) is 13.3. The van der Waals surface area contributed by atoms with Gasteiger partial charge in [0.2, 0.25) is 0 Å². The lowest BCUT2D eigenvalue weighted by atomic mass is 10.1. The van der Waals surface area contributed by atoms with Crippen LogP contribution >= 0.6 is 0 Å². The highest BCUT2D eigenvalue weighted by atomic mass is 16.5. The number of aryl methyl sites for hydroxylation is 2. The topological polar surface area (TPSA) is 75.8 Å². The highest BCUT2D eigenvalue weighted by Gasteiger charge is 2.39. The van der Waals surface area contributed by atoms with E-state index in [9.17, 15) is 9.90 Å². The monoisotopic (exact) mass is 316 g/mol. The van der Waals surface area contributed by atoms with Gasteiger partial charge in [-0.3, -0.25) is 4.79 Å². The largest absolute Gasteiger partial charge is 0.491 e. The Kier molecular flexibility index (Phi) is 4.09. The van der Waals surface area contributed by atoms with Gasteiger partial charge in [-0.2, -0.15) is 0 Å². The van der Waals surface area contributed by atoms with Gasteiger partial charge in [-0.05, 0) is 38.0 Å². The van der Waals surface area contributed by atoms with Crippen LogP contribution in [0.15, 0.2) is 35.1 Å². The number of aliphatic hydroxyl groups is 1. The zero-order chi connectivity index (χ0) is 16.4. The van der Waals surface area contributed by atoms with Crippen molar-refractivity contribution in [3.8, 4) is 5.75 Å². The van der Waals surface area contributed by atoms with E-state index in [1.807, 2.05) is 31.2 Å². The Morgan fingerprint density at radius 3 is 3.00 bits per heavy atom. The third-order valence-corrected chi connectivity index (χ3v) is 4.10. The van der Waals surface area contributed by atoms with Crippen LogP contribution in [0.2, 0.25) is 0 Å². The molecule has 6 heteroatoms. The molecule has 0 saturated carbocycles. The Balaban J connectivity index is 1.62. The highest BCUT2D eigenvalue weighted by molar-refractivity contribution is 5.95. The fourth-order valence-corrected chi connectivity index (χ4v) is 2.74. The Morgan fingerprint density at radius 1 is 1.48 bits per heavy atom. The van der Waals surface area contributed by atoms with Crippen molar-refractivity contribution in [1.29, 1.82) is 0 Å². The summed E-state index contributed by atoms with van der Waals surface area (Å²) in [5.74, 6) is 0.549. The molecule has 1 N–H and O–H groups in total. The first-order chi connectivity index (χ1) is 11.0. The number of rotatable bonds is 4. The number of hydrogen-bond acceptors (Lipinski definition) is 5. The van der Waals surface area contributed by atoms with Gasteiger partial charge in [-0.1, -0.05) is 17.3 Å². The summed E-state index contributed by atoms with van der Waals surface area (Å²) < 4.78 is 10.5. The molecule has 0 bridgehead atoms. The molecule has 1 amide bonds. The number of aromatic nitrogens is 1. The van der Waals surface area contributed by atoms with Gasteiger partial charge in [0.05, 0.1) is 12.2 Å². The third kappa shape index (κ3) is 3.37. The standard InChI is InChI=1S/C17H20N2O4/c1-12-4-3-5-14(8-12)22-11-17(21)6-7-19(10-17)16(20)15-9-23-18-13(15)2/h3-5,8-9,21H,6-7,10-11H2,1-2H3/t17-/m0/s1. The maximum atomic E-state index is 12.4. The number of β-amino-alcohol motifs (C(OH)–C–C–N with tert-alkyl or cyclic N) is 1.